The molecule has 0 radical (unpaired) electrons. The summed E-state index contributed by atoms with van der Waals surface area (Å²) in [5.41, 5.74) is 2.42. The number of carbonyl (C=O) groups excluding carboxylic acids is 1. The third kappa shape index (κ3) is 3.96. The maximum atomic E-state index is 12.8. The highest BCUT2D eigenvalue weighted by molar-refractivity contribution is 8.00. The summed E-state index contributed by atoms with van der Waals surface area (Å²) in [5.74, 6) is 0.623. The van der Waals surface area contributed by atoms with Crippen LogP contribution in [0.25, 0.3) is 4.91 Å². The first-order valence-electron chi connectivity index (χ1n) is 10.1. The van der Waals surface area contributed by atoms with Crippen LogP contribution in [-0.4, -0.2) is 69.4 Å². The van der Waals surface area contributed by atoms with Crippen molar-refractivity contribution in [1.82, 2.24) is 9.80 Å². The van der Waals surface area contributed by atoms with Crippen LogP contribution in [0.15, 0.2) is 34.2 Å². The molecule has 3 aliphatic rings. The molecule has 3 heterocycles. The van der Waals surface area contributed by atoms with Gasteiger partial charge in [0.05, 0.1) is 12.5 Å². The van der Waals surface area contributed by atoms with E-state index in [1.165, 1.54) is 0 Å². The fraction of sp³-hybridized carbons (Fsp3) is 0.524. The highest BCUT2D eigenvalue weighted by Gasteiger charge is 2.35. The van der Waals surface area contributed by atoms with Gasteiger partial charge in [0.15, 0.2) is 0 Å². The van der Waals surface area contributed by atoms with Crippen molar-refractivity contribution in [2.75, 3.05) is 39.4 Å². The van der Waals surface area contributed by atoms with Gasteiger partial charge in [0.25, 0.3) is 10.0 Å². The molecule has 0 saturated carbocycles. The number of sulfonamides is 1. The smallest absolute Gasteiger partial charge is 0.285 e. The molecule has 3 aliphatic heterocycles. The largest absolute Gasteiger partial charge is 0.381 e. The van der Waals surface area contributed by atoms with Gasteiger partial charge in [-0.3, -0.25) is 4.79 Å². The number of hydrogen-bond donors (Lipinski definition) is 0. The summed E-state index contributed by atoms with van der Waals surface area (Å²) in [6.07, 6.45) is 1.57. The molecule has 0 bridgehead atoms. The summed E-state index contributed by atoms with van der Waals surface area (Å²) in [4.78, 5) is 16.9. The van der Waals surface area contributed by atoms with Gasteiger partial charge in [-0.1, -0.05) is 29.8 Å². The standard InChI is InChI=1S/C21H27N3O4S/c1-15-4-6-17(7-5-15)19-16(2)20(22-29(19,26)27)23-9-3-10-24(12-11-23)21(25)18-8-13-28-14-18/h4-7,18H,3,8-14H2,1-2H3/t18-/m1/s1. The van der Waals surface area contributed by atoms with Crippen molar-refractivity contribution in [3.63, 3.8) is 0 Å². The number of benzene rings is 1. The second-order valence-electron chi connectivity index (χ2n) is 7.94. The van der Waals surface area contributed by atoms with E-state index in [9.17, 15) is 13.2 Å². The SMILES string of the molecule is CC1=C(c2ccc(C)cc2)S(=O)(=O)N=C1N1CCCN(C(=O)[C@@H]2CCOC2)CC1. The summed E-state index contributed by atoms with van der Waals surface area (Å²) in [7, 11) is -3.73. The van der Waals surface area contributed by atoms with E-state index in [0.29, 0.717) is 56.4 Å². The second-order valence-corrected chi connectivity index (χ2v) is 9.48. The molecule has 156 valence electrons. The zero-order valence-corrected chi connectivity index (χ0v) is 17.7. The van der Waals surface area contributed by atoms with Crippen LogP contribution in [0.5, 0.6) is 0 Å². The van der Waals surface area contributed by atoms with Gasteiger partial charge in [0.1, 0.15) is 10.7 Å². The first-order valence-corrected chi connectivity index (χ1v) is 11.6. The van der Waals surface area contributed by atoms with Crippen LogP contribution >= 0.6 is 0 Å². The van der Waals surface area contributed by atoms with Crippen LogP contribution in [0.2, 0.25) is 0 Å². The number of rotatable bonds is 2. The van der Waals surface area contributed by atoms with Crippen molar-refractivity contribution in [3.05, 3.63) is 41.0 Å². The minimum atomic E-state index is -3.73. The Morgan fingerprint density at radius 1 is 1.10 bits per heavy atom. The maximum absolute atomic E-state index is 12.8. The number of ether oxygens (including phenoxy) is 1. The molecule has 2 fully saturated rings. The summed E-state index contributed by atoms with van der Waals surface area (Å²) in [5, 5.41) is 0. The number of amides is 1. The van der Waals surface area contributed by atoms with E-state index in [1.807, 2.05) is 47.9 Å². The Bertz CT molecular complexity index is 960. The monoisotopic (exact) mass is 417 g/mol. The molecule has 1 amide bonds. The Morgan fingerprint density at radius 3 is 2.55 bits per heavy atom. The molecule has 0 aromatic heterocycles. The Kier molecular flexibility index (Phi) is 5.48. The Hall–Kier alpha value is -2.19. The predicted molar refractivity (Wildman–Crippen MR) is 112 cm³/mol. The van der Waals surface area contributed by atoms with Crippen molar-refractivity contribution in [3.8, 4) is 0 Å². The van der Waals surface area contributed by atoms with Crippen LogP contribution in [0, 0.1) is 12.8 Å². The van der Waals surface area contributed by atoms with Gasteiger partial charge < -0.3 is 14.5 Å². The van der Waals surface area contributed by atoms with Crippen molar-refractivity contribution in [1.29, 1.82) is 0 Å². The zero-order chi connectivity index (χ0) is 20.6. The van der Waals surface area contributed by atoms with Crippen LogP contribution in [-0.2, 0) is 19.6 Å². The quantitative estimate of drug-likeness (QED) is 0.736. The molecular weight excluding hydrogens is 390 g/mol. The Balaban J connectivity index is 1.53. The molecule has 0 aliphatic carbocycles. The van der Waals surface area contributed by atoms with Gasteiger partial charge in [0, 0.05) is 38.4 Å². The van der Waals surface area contributed by atoms with Gasteiger partial charge in [-0.15, -0.1) is 4.40 Å². The molecule has 29 heavy (non-hydrogen) atoms. The number of amidine groups is 1. The number of carbonyl (C=O) groups is 1. The molecule has 0 spiro atoms. The molecule has 8 heteroatoms. The summed E-state index contributed by atoms with van der Waals surface area (Å²) >= 11 is 0. The molecule has 4 rings (SSSR count). The van der Waals surface area contributed by atoms with Crippen molar-refractivity contribution in [2.24, 2.45) is 10.3 Å². The molecule has 2 saturated heterocycles. The highest BCUT2D eigenvalue weighted by atomic mass is 32.2. The van der Waals surface area contributed by atoms with E-state index >= 15 is 0 Å². The number of nitrogens with zero attached hydrogens (tertiary/aromatic N) is 3. The van der Waals surface area contributed by atoms with E-state index in [2.05, 4.69) is 4.40 Å². The summed E-state index contributed by atoms with van der Waals surface area (Å²) < 4.78 is 35.0. The zero-order valence-electron chi connectivity index (χ0n) is 16.9. The van der Waals surface area contributed by atoms with Gasteiger partial charge in [0.2, 0.25) is 5.91 Å². The van der Waals surface area contributed by atoms with Crippen molar-refractivity contribution in [2.45, 2.75) is 26.7 Å². The molecule has 1 aromatic carbocycles. The molecular formula is C21H27N3O4S. The van der Waals surface area contributed by atoms with Crippen LogP contribution in [0.1, 0.15) is 30.9 Å². The second kappa shape index (κ2) is 7.91. The third-order valence-corrected chi connectivity index (χ3v) is 7.31. The fourth-order valence-corrected chi connectivity index (χ4v) is 5.71. The Labute approximate surface area is 172 Å². The summed E-state index contributed by atoms with van der Waals surface area (Å²) in [6.45, 7) is 7.45. The highest BCUT2D eigenvalue weighted by Crippen LogP contribution is 2.34. The van der Waals surface area contributed by atoms with E-state index in [1.54, 1.807) is 0 Å². The average molecular weight is 418 g/mol. The average Bonchev–Trinajstić information content (AvgIpc) is 3.21. The lowest BCUT2D eigenvalue weighted by Crippen LogP contribution is -2.40. The normalized spacial score (nSPS) is 24.6. The first kappa shape index (κ1) is 20.1. The molecule has 1 aromatic rings. The third-order valence-electron chi connectivity index (χ3n) is 5.84. The fourth-order valence-electron chi connectivity index (χ4n) is 4.23. The van der Waals surface area contributed by atoms with E-state index < -0.39 is 10.0 Å². The van der Waals surface area contributed by atoms with Crippen LogP contribution in [0.4, 0.5) is 0 Å². The molecule has 0 unspecified atom stereocenters. The van der Waals surface area contributed by atoms with E-state index in [4.69, 9.17) is 4.74 Å². The lowest BCUT2D eigenvalue weighted by molar-refractivity contribution is -0.135. The maximum Gasteiger partial charge on any atom is 0.285 e. The lowest BCUT2D eigenvalue weighted by Gasteiger charge is -2.25. The minimum Gasteiger partial charge on any atom is -0.381 e. The topological polar surface area (TPSA) is 79.3 Å². The molecule has 1 atom stereocenters. The van der Waals surface area contributed by atoms with Gasteiger partial charge in [-0.2, -0.15) is 8.42 Å². The lowest BCUT2D eigenvalue weighted by atomic mass is 10.1. The summed E-state index contributed by atoms with van der Waals surface area (Å²) in [6, 6.07) is 7.48. The molecule has 0 N–H and O–H groups in total. The van der Waals surface area contributed by atoms with Gasteiger partial charge in [-0.25, -0.2) is 0 Å². The van der Waals surface area contributed by atoms with E-state index in [-0.39, 0.29) is 16.7 Å². The molecule has 7 nitrogen and oxygen atoms in total. The minimum absolute atomic E-state index is 0.0412. The van der Waals surface area contributed by atoms with Crippen LogP contribution in [0.3, 0.4) is 0 Å². The van der Waals surface area contributed by atoms with Crippen molar-refractivity contribution >= 4 is 26.7 Å². The van der Waals surface area contributed by atoms with Gasteiger partial charge >= 0.3 is 0 Å². The van der Waals surface area contributed by atoms with Crippen molar-refractivity contribution < 1.29 is 17.9 Å². The van der Waals surface area contributed by atoms with Crippen LogP contribution < -0.4 is 0 Å². The van der Waals surface area contributed by atoms with Gasteiger partial charge in [-0.05, 0) is 32.3 Å². The Morgan fingerprint density at radius 2 is 1.86 bits per heavy atom. The number of aryl methyl sites for hydroxylation is 1. The predicted octanol–water partition coefficient (Wildman–Crippen LogP) is 2.04. The number of hydrogen-bond acceptors (Lipinski definition) is 5. The van der Waals surface area contributed by atoms with E-state index in [0.717, 1.165) is 18.4 Å². The first-order chi connectivity index (χ1) is 13.9.